The Bertz CT molecular complexity index is 867. The van der Waals surface area contributed by atoms with Crippen LogP contribution in [0.1, 0.15) is 5.56 Å². The predicted molar refractivity (Wildman–Crippen MR) is 85.0 cm³/mol. The average molecular weight is 334 g/mol. The Morgan fingerprint density at radius 1 is 1.27 bits per heavy atom. The van der Waals surface area contributed by atoms with Crippen LogP contribution in [0.4, 0.5) is 4.39 Å². The van der Waals surface area contributed by atoms with Gasteiger partial charge in [0.15, 0.2) is 5.82 Å². The molecule has 3 rings (SSSR count). The van der Waals surface area contributed by atoms with Crippen molar-refractivity contribution in [3.05, 3.63) is 63.9 Å². The molecule has 2 aromatic heterocycles. The maximum absolute atomic E-state index is 13.8. The van der Waals surface area contributed by atoms with Crippen LogP contribution in [0, 0.1) is 10.6 Å². The van der Waals surface area contributed by atoms with Gasteiger partial charge < -0.3 is 0 Å². The maximum Gasteiger partial charge on any atom is 0.216 e. The van der Waals surface area contributed by atoms with Gasteiger partial charge in [0.25, 0.3) is 0 Å². The van der Waals surface area contributed by atoms with Gasteiger partial charge in [0, 0.05) is 23.5 Å². The SMILES string of the molecule is Fc1cccc(Cl)c1/C=N/n1c(-c2ccncc2)n[nH]c1=S. The van der Waals surface area contributed by atoms with Crippen molar-refractivity contribution < 1.29 is 4.39 Å². The Morgan fingerprint density at radius 3 is 2.77 bits per heavy atom. The number of hydrogen-bond acceptors (Lipinski definition) is 4. The normalized spacial score (nSPS) is 11.2. The monoisotopic (exact) mass is 333 g/mol. The number of aromatic nitrogens is 4. The van der Waals surface area contributed by atoms with Crippen LogP contribution in [0.5, 0.6) is 0 Å². The van der Waals surface area contributed by atoms with Gasteiger partial charge in [-0.2, -0.15) is 14.9 Å². The van der Waals surface area contributed by atoms with E-state index in [9.17, 15) is 4.39 Å². The second-order valence-corrected chi connectivity index (χ2v) is 5.07. The number of halogens is 2. The second-order valence-electron chi connectivity index (χ2n) is 4.28. The molecule has 0 aliphatic heterocycles. The molecule has 2 heterocycles. The summed E-state index contributed by atoms with van der Waals surface area (Å²) in [5.74, 6) is 0.0350. The highest BCUT2D eigenvalue weighted by atomic mass is 35.5. The maximum atomic E-state index is 13.8. The quantitative estimate of drug-likeness (QED) is 0.587. The molecule has 1 aromatic carbocycles. The van der Waals surface area contributed by atoms with Crippen LogP contribution >= 0.6 is 23.8 Å². The number of aromatic amines is 1. The van der Waals surface area contributed by atoms with Gasteiger partial charge in [-0.25, -0.2) is 9.49 Å². The Balaban J connectivity index is 2.05. The molecule has 1 N–H and O–H groups in total. The van der Waals surface area contributed by atoms with Gasteiger partial charge in [-0.15, -0.1) is 0 Å². The number of rotatable bonds is 3. The average Bonchev–Trinajstić information content (AvgIpc) is 2.89. The van der Waals surface area contributed by atoms with E-state index in [0.717, 1.165) is 5.56 Å². The summed E-state index contributed by atoms with van der Waals surface area (Å²) in [4.78, 5) is 3.95. The van der Waals surface area contributed by atoms with Crippen LogP contribution in [0.3, 0.4) is 0 Å². The van der Waals surface area contributed by atoms with Gasteiger partial charge in [0.05, 0.1) is 11.2 Å². The van der Waals surface area contributed by atoms with Crippen LogP contribution in [-0.4, -0.2) is 26.1 Å². The second kappa shape index (κ2) is 6.17. The Hall–Kier alpha value is -2.38. The highest BCUT2D eigenvalue weighted by Gasteiger charge is 2.09. The zero-order valence-corrected chi connectivity index (χ0v) is 12.6. The van der Waals surface area contributed by atoms with Crippen molar-refractivity contribution >= 4 is 30.0 Å². The summed E-state index contributed by atoms with van der Waals surface area (Å²) in [5.41, 5.74) is 0.965. The molecule has 0 saturated heterocycles. The van der Waals surface area contributed by atoms with E-state index in [4.69, 9.17) is 23.8 Å². The van der Waals surface area contributed by atoms with Gasteiger partial charge in [0.2, 0.25) is 4.77 Å². The Morgan fingerprint density at radius 2 is 2.05 bits per heavy atom. The van der Waals surface area contributed by atoms with Crippen LogP contribution in [-0.2, 0) is 0 Å². The molecule has 110 valence electrons. The van der Waals surface area contributed by atoms with E-state index in [1.165, 1.54) is 23.0 Å². The first kappa shape index (κ1) is 14.6. The summed E-state index contributed by atoms with van der Waals surface area (Å²) in [6.07, 6.45) is 4.58. The van der Waals surface area contributed by atoms with Crippen molar-refractivity contribution in [3.63, 3.8) is 0 Å². The van der Waals surface area contributed by atoms with Crippen LogP contribution < -0.4 is 0 Å². The summed E-state index contributed by atoms with van der Waals surface area (Å²) in [6.45, 7) is 0. The fraction of sp³-hybridized carbons (Fsp3) is 0. The minimum Gasteiger partial charge on any atom is -0.265 e. The first-order valence-electron chi connectivity index (χ1n) is 6.23. The van der Waals surface area contributed by atoms with Crippen molar-refractivity contribution in [2.45, 2.75) is 0 Å². The molecule has 0 aliphatic rings. The highest BCUT2D eigenvalue weighted by molar-refractivity contribution is 7.71. The molecule has 22 heavy (non-hydrogen) atoms. The summed E-state index contributed by atoms with van der Waals surface area (Å²) in [7, 11) is 0. The summed E-state index contributed by atoms with van der Waals surface area (Å²) in [5, 5.41) is 11.2. The van der Waals surface area contributed by atoms with Crippen molar-refractivity contribution in [2.75, 3.05) is 0 Å². The molecule has 8 heteroatoms. The van der Waals surface area contributed by atoms with E-state index in [-0.39, 0.29) is 15.4 Å². The van der Waals surface area contributed by atoms with E-state index in [2.05, 4.69) is 20.3 Å². The largest absolute Gasteiger partial charge is 0.265 e. The molecule has 0 atom stereocenters. The van der Waals surface area contributed by atoms with Gasteiger partial charge >= 0.3 is 0 Å². The minimum atomic E-state index is -0.461. The van der Waals surface area contributed by atoms with E-state index in [0.29, 0.717) is 5.82 Å². The van der Waals surface area contributed by atoms with Crippen molar-refractivity contribution in [2.24, 2.45) is 5.10 Å². The van der Waals surface area contributed by atoms with E-state index in [1.807, 2.05) is 0 Å². The third kappa shape index (κ3) is 2.81. The predicted octanol–water partition coefficient (Wildman–Crippen LogP) is 3.68. The Kier molecular flexibility index (Phi) is 4.08. The summed E-state index contributed by atoms with van der Waals surface area (Å²) in [6, 6.07) is 7.97. The Labute approximate surface area is 135 Å². The molecule has 0 fully saturated rings. The fourth-order valence-corrected chi connectivity index (χ4v) is 2.23. The standard InChI is InChI=1S/C14H9ClFN5S/c15-11-2-1-3-12(16)10(11)8-18-21-13(19-20-14(21)22)9-4-6-17-7-5-9/h1-8H,(H,20,22)/b18-8+. The number of benzene rings is 1. The van der Waals surface area contributed by atoms with E-state index >= 15 is 0 Å². The molecule has 0 aliphatic carbocycles. The molecule has 5 nitrogen and oxygen atoms in total. The number of nitrogens with zero attached hydrogens (tertiary/aromatic N) is 4. The lowest BCUT2D eigenvalue weighted by Gasteiger charge is -2.02. The lowest BCUT2D eigenvalue weighted by molar-refractivity contribution is 0.625. The fourth-order valence-electron chi connectivity index (χ4n) is 1.84. The molecular formula is C14H9ClFN5S. The molecule has 0 bridgehead atoms. The van der Waals surface area contributed by atoms with Gasteiger partial charge in [-0.3, -0.25) is 4.98 Å². The number of nitrogens with one attached hydrogen (secondary N) is 1. The lowest BCUT2D eigenvalue weighted by atomic mass is 10.2. The van der Waals surface area contributed by atoms with E-state index in [1.54, 1.807) is 30.6 Å². The first-order valence-corrected chi connectivity index (χ1v) is 7.01. The molecule has 0 amide bonds. The topological polar surface area (TPSA) is 58.9 Å². The smallest absolute Gasteiger partial charge is 0.216 e. The third-order valence-corrected chi connectivity index (χ3v) is 3.48. The molecule has 0 spiro atoms. The molecule has 3 aromatic rings. The summed E-state index contributed by atoms with van der Waals surface area (Å²) >= 11 is 11.1. The molecular weight excluding hydrogens is 325 g/mol. The lowest BCUT2D eigenvalue weighted by Crippen LogP contribution is -1.97. The van der Waals surface area contributed by atoms with Crippen molar-refractivity contribution in [1.29, 1.82) is 0 Å². The van der Waals surface area contributed by atoms with Crippen LogP contribution in [0.25, 0.3) is 11.4 Å². The van der Waals surface area contributed by atoms with E-state index < -0.39 is 5.82 Å². The van der Waals surface area contributed by atoms with Gasteiger partial charge in [-0.05, 0) is 36.5 Å². The number of hydrogen-bond donors (Lipinski definition) is 1. The van der Waals surface area contributed by atoms with Gasteiger partial charge in [0.1, 0.15) is 5.82 Å². The van der Waals surface area contributed by atoms with Crippen LogP contribution in [0.15, 0.2) is 47.8 Å². The minimum absolute atomic E-state index is 0.188. The zero-order chi connectivity index (χ0) is 15.5. The first-order chi connectivity index (χ1) is 10.7. The number of pyridine rings is 1. The van der Waals surface area contributed by atoms with Crippen molar-refractivity contribution in [1.82, 2.24) is 19.9 Å². The molecule has 0 saturated carbocycles. The molecule has 0 radical (unpaired) electrons. The highest BCUT2D eigenvalue weighted by Crippen LogP contribution is 2.18. The zero-order valence-electron chi connectivity index (χ0n) is 11.1. The number of H-pyrrole nitrogens is 1. The van der Waals surface area contributed by atoms with Crippen molar-refractivity contribution in [3.8, 4) is 11.4 Å². The van der Waals surface area contributed by atoms with Crippen LogP contribution in [0.2, 0.25) is 5.02 Å². The third-order valence-electron chi connectivity index (χ3n) is 2.89. The summed E-state index contributed by atoms with van der Waals surface area (Å²) < 4.78 is 15.4. The van der Waals surface area contributed by atoms with Gasteiger partial charge in [-0.1, -0.05) is 17.7 Å². The molecule has 0 unspecified atom stereocenters.